The van der Waals surface area contributed by atoms with Crippen LogP contribution in [0, 0.1) is 0 Å². The van der Waals surface area contributed by atoms with Crippen LogP contribution in [0.25, 0.3) is 0 Å². The van der Waals surface area contributed by atoms with Crippen LogP contribution in [0.2, 0.25) is 0 Å². The van der Waals surface area contributed by atoms with Gasteiger partial charge in [0, 0.05) is 6.07 Å². The second kappa shape index (κ2) is 5.54. The van der Waals surface area contributed by atoms with Crippen LogP contribution in [0.3, 0.4) is 0 Å². The molecule has 2 N–H and O–H groups in total. The van der Waals surface area contributed by atoms with E-state index in [2.05, 4.69) is 4.74 Å². The summed E-state index contributed by atoms with van der Waals surface area (Å²) in [5.74, 6) is -10.0. The molecule has 0 aromatic heterocycles. The van der Waals surface area contributed by atoms with Gasteiger partial charge in [0.2, 0.25) is 0 Å². The maximum Gasteiger partial charge on any atom is 0.463 e. The maximum atomic E-state index is 12.8. The van der Waals surface area contributed by atoms with E-state index in [0.717, 1.165) is 25.3 Å². The summed E-state index contributed by atoms with van der Waals surface area (Å²) in [5, 5.41) is 10.0. The highest BCUT2D eigenvalue weighted by Gasteiger charge is 2.63. The molecule has 1 rings (SSSR count). The molecule has 0 aliphatic heterocycles. The number of rotatable bonds is 4. The highest BCUT2D eigenvalue weighted by molar-refractivity contribution is 6.03. The second-order valence-corrected chi connectivity index (χ2v) is 3.74. The standard InChI is InChI=1S/C11H8F5NO4/c1-21-5-2-3-6(8(18)19)7(4-5)17-9(20)10(12,13)11(14,15)16/h2-4H,1H3,(H,17,20)(H,18,19). The van der Waals surface area contributed by atoms with Gasteiger partial charge >= 0.3 is 24.0 Å². The molecule has 0 unspecified atom stereocenters. The van der Waals surface area contributed by atoms with E-state index in [1.54, 1.807) is 0 Å². The molecule has 0 saturated heterocycles. The second-order valence-electron chi connectivity index (χ2n) is 3.74. The molecule has 1 aromatic rings. The number of halogens is 5. The number of amides is 1. The molecule has 0 aliphatic rings. The number of methoxy groups -OCH3 is 1. The van der Waals surface area contributed by atoms with Gasteiger partial charge in [0.05, 0.1) is 18.4 Å². The van der Waals surface area contributed by atoms with Gasteiger partial charge in [-0.15, -0.1) is 0 Å². The first-order valence-corrected chi connectivity index (χ1v) is 5.18. The molecule has 0 bridgehead atoms. The fraction of sp³-hybridized carbons (Fsp3) is 0.273. The average Bonchev–Trinajstić information content (AvgIpc) is 2.36. The molecule has 0 saturated carbocycles. The van der Waals surface area contributed by atoms with Crippen molar-refractivity contribution in [3.63, 3.8) is 0 Å². The summed E-state index contributed by atoms with van der Waals surface area (Å²) in [7, 11) is 1.16. The first kappa shape index (κ1) is 16.7. The van der Waals surface area contributed by atoms with E-state index < -0.39 is 35.2 Å². The minimum atomic E-state index is -6.10. The fourth-order valence-corrected chi connectivity index (χ4v) is 1.27. The van der Waals surface area contributed by atoms with Gasteiger partial charge in [-0.2, -0.15) is 22.0 Å². The predicted molar refractivity (Wildman–Crippen MR) is 59.6 cm³/mol. The zero-order chi connectivity index (χ0) is 16.4. The lowest BCUT2D eigenvalue weighted by Crippen LogP contribution is -2.47. The van der Waals surface area contributed by atoms with Crippen molar-refractivity contribution < 1.29 is 41.4 Å². The van der Waals surface area contributed by atoms with Crippen LogP contribution in [-0.2, 0) is 4.79 Å². The number of carbonyl (C=O) groups excluding carboxylic acids is 1. The maximum absolute atomic E-state index is 12.8. The van der Waals surface area contributed by atoms with Gasteiger partial charge in [0.25, 0.3) is 0 Å². The van der Waals surface area contributed by atoms with Crippen molar-refractivity contribution in [2.45, 2.75) is 12.1 Å². The van der Waals surface area contributed by atoms with Gasteiger partial charge < -0.3 is 15.2 Å². The summed E-state index contributed by atoms with van der Waals surface area (Å²) < 4.78 is 66.4. The Morgan fingerprint density at radius 1 is 1.19 bits per heavy atom. The Balaban J connectivity index is 3.18. The van der Waals surface area contributed by atoms with Gasteiger partial charge in [-0.25, -0.2) is 4.79 Å². The third kappa shape index (κ3) is 3.38. The van der Waals surface area contributed by atoms with Gasteiger partial charge in [0.1, 0.15) is 5.75 Å². The third-order valence-electron chi connectivity index (χ3n) is 2.35. The van der Waals surface area contributed by atoms with E-state index in [1.807, 2.05) is 0 Å². The molecule has 5 nitrogen and oxygen atoms in total. The molecule has 0 fully saturated rings. The van der Waals surface area contributed by atoms with E-state index in [-0.39, 0.29) is 5.75 Å². The Morgan fingerprint density at radius 2 is 1.76 bits per heavy atom. The number of carboxylic acids is 1. The zero-order valence-corrected chi connectivity index (χ0v) is 10.3. The van der Waals surface area contributed by atoms with Gasteiger partial charge in [-0.3, -0.25) is 4.79 Å². The van der Waals surface area contributed by atoms with Crippen LogP contribution >= 0.6 is 0 Å². The lowest BCUT2D eigenvalue weighted by Gasteiger charge is -2.19. The normalized spacial score (nSPS) is 11.9. The highest BCUT2D eigenvalue weighted by Crippen LogP contribution is 2.36. The van der Waals surface area contributed by atoms with Crippen molar-refractivity contribution in [3.05, 3.63) is 23.8 Å². The van der Waals surface area contributed by atoms with Crippen LogP contribution in [0.4, 0.5) is 27.6 Å². The van der Waals surface area contributed by atoms with Crippen molar-refractivity contribution in [2.24, 2.45) is 0 Å². The zero-order valence-electron chi connectivity index (χ0n) is 10.3. The summed E-state index contributed by atoms with van der Waals surface area (Å²) in [5.41, 5.74) is -1.40. The summed E-state index contributed by atoms with van der Waals surface area (Å²) in [4.78, 5) is 21.9. The molecule has 0 heterocycles. The van der Waals surface area contributed by atoms with Crippen LogP contribution in [0.1, 0.15) is 10.4 Å². The van der Waals surface area contributed by atoms with E-state index in [9.17, 15) is 31.5 Å². The first-order valence-electron chi connectivity index (χ1n) is 5.18. The molecule has 1 aromatic carbocycles. The molecule has 0 atom stereocenters. The SMILES string of the molecule is COc1ccc(C(=O)O)c(NC(=O)C(F)(F)C(F)(F)F)c1. The number of carboxylic acid groups (broad SMARTS) is 1. The van der Waals surface area contributed by atoms with Crippen LogP contribution in [-0.4, -0.2) is 36.2 Å². The minimum Gasteiger partial charge on any atom is -0.497 e. The minimum absolute atomic E-state index is 0.0365. The number of alkyl halides is 5. The smallest absolute Gasteiger partial charge is 0.463 e. The topological polar surface area (TPSA) is 75.6 Å². The Kier molecular flexibility index (Phi) is 4.40. The number of hydrogen-bond acceptors (Lipinski definition) is 3. The van der Waals surface area contributed by atoms with E-state index >= 15 is 0 Å². The number of anilines is 1. The molecular weight excluding hydrogens is 305 g/mol. The van der Waals surface area contributed by atoms with E-state index in [0.29, 0.717) is 0 Å². The van der Waals surface area contributed by atoms with Crippen molar-refractivity contribution in [1.29, 1.82) is 0 Å². The lowest BCUT2D eigenvalue weighted by atomic mass is 10.1. The Morgan fingerprint density at radius 3 is 2.19 bits per heavy atom. The quantitative estimate of drug-likeness (QED) is 0.838. The van der Waals surface area contributed by atoms with Gasteiger partial charge in [0.15, 0.2) is 0 Å². The fourth-order valence-electron chi connectivity index (χ4n) is 1.27. The summed E-state index contributed by atoms with van der Waals surface area (Å²) in [6, 6.07) is 2.84. The summed E-state index contributed by atoms with van der Waals surface area (Å²) in [6.07, 6.45) is -6.10. The molecule has 0 aliphatic carbocycles. The van der Waals surface area contributed by atoms with Crippen molar-refractivity contribution >= 4 is 17.6 Å². The van der Waals surface area contributed by atoms with Crippen molar-refractivity contribution in [2.75, 3.05) is 12.4 Å². The molecule has 0 spiro atoms. The summed E-state index contributed by atoms with van der Waals surface area (Å²) in [6.45, 7) is 0. The molecule has 0 radical (unpaired) electrons. The number of benzene rings is 1. The molecule has 10 heteroatoms. The highest BCUT2D eigenvalue weighted by atomic mass is 19.4. The molecular formula is C11H8F5NO4. The van der Waals surface area contributed by atoms with Crippen LogP contribution < -0.4 is 10.1 Å². The molecule has 21 heavy (non-hydrogen) atoms. The van der Waals surface area contributed by atoms with E-state index in [4.69, 9.17) is 5.11 Å². The molecule has 1 amide bonds. The van der Waals surface area contributed by atoms with Crippen LogP contribution in [0.15, 0.2) is 18.2 Å². The number of ether oxygens (including phenoxy) is 1. The predicted octanol–water partition coefficient (Wildman–Crippen LogP) is 2.53. The Bertz CT molecular complexity index is 570. The largest absolute Gasteiger partial charge is 0.497 e. The van der Waals surface area contributed by atoms with Crippen molar-refractivity contribution in [1.82, 2.24) is 0 Å². The number of aromatic carboxylic acids is 1. The molecule has 116 valence electrons. The number of carbonyl (C=O) groups is 2. The first-order chi connectivity index (χ1) is 9.50. The third-order valence-corrected chi connectivity index (χ3v) is 2.35. The number of nitrogens with one attached hydrogen (secondary N) is 1. The monoisotopic (exact) mass is 313 g/mol. The Labute approximate surface area is 114 Å². The summed E-state index contributed by atoms with van der Waals surface area (Å²) >= 11 is 0. The van der Waals surface area contributed by atoms with Gasteiger partial charge in [-0.05, 0) is 12.1 Å². The Hall–Kier alpha value is -2.39. The van der Waals surface area contributed by atoms with Crippen molar-refractivity contribution in [3.8, 4) is 5.75 Å². The van der Waals surface area contributed by atoms with Crippen LogP contribution in [0.5, 0.6) is 5.75 Å². The van der Waals surface area contributed by atoms with Gasteiger partial charge in [-0.1, -0.05) is 0 Å². The van der Waals surface area contributed by atoms with E-state index in [1.165, 1.54) is 5.32 Å². The lowest BCUT2D eigenvalue weighted by molar-refractivity contribution is -0.267. The number of hydrogen-bond donors (Lipinski definition) is 2. The average molecular weight is 313 g/mol.